The van der Waals surface area contributed by atoms with E-state index in [1.807, 2.05) is 0 Å². The molecule has 2 rings (SSSR count). The van der Waals surface area contributed by atoms with Gasteiger partial charge in [-0.25, -0.2) is 0 Å². The average Bonchev–Trinajstić information content (AvgIpc) is 2.34. The Labute approximate surface area is 106 Å². The van der Waals surface area contributed by atoms with Crippen LogP contribution in [0, 0.1) is 10.1 Å². The fraction of sp³-hybridized carbons (Fsp3) is 0.500. The number of likely N-dealkylation sites (N-methyl/N-ethyl adjacent to an activating group) is 1. The topological polar surface area (TPSA) is 75.1 Å². The Balaban J connectivity index is 2.08. The molecule has 98 valence electrons. The second kappa shape index (κ2) is 5.32. The number of nitro benzene ring substituents is 1. The van der Waals surface area contributed by atoms with E-state index in [2.05, 4.69) is 7.05 Å². The first kappa shape index (κ1) is 12.8. The van der Waals surface area contributed by atoms with Gasteiger partial charge in [0.1, 0.15) is 32.7 Å². The number of hydrogen-bond donors (Lipinski definition) is 2. The number of rotatable bonds is 3. The lowest BCUT2D eigenvalue weighted by Gasteiger charge is -2.28. The standard InChI is InChI=1S/C12H17N3O3/c1-13-4-6-14(7-5-13)9-10-8-11(15(17)18)2-3-12(10)16/h2-3,8,16H,4-7,9H2,1H3/p+1. The molecule has 1 aliphatic heterocycles. The van der Waals surface area contributed by atoms with Crippen LogP contribution in [0.4, 0.5) is 5.69 Å². The van der Waals surface area contributed by atoms with Crippen LogP contribution in [0.15, 0.2) is 18.2 Å². The molecule has 0 radical (unpaired) electrons. The zero-order valence-electron chi connectivity index (χ0n) is 10.4. The predicted molar refractivity (Wildman–Crippen MR) is 63.6 cm³/mol. The molecule has 6 heteroatoms. The van der Waals surface area contributed by atoms with Crippen LogP contribution >= 0.6 is 0 Å². The van der Waals surface area contributed by atoms with Gasteiger partial charge in [-0.15, -0.1) is 0 Å². The van der Waals surface area contributed by atoms with Crippen molar-refractivity contribution in [3.8, 4) is 5.75 Å². The molecule has 1 heterocycles. The molecule has 18 heavy (non-hydrogen) atoms. The molecule has 1 aromatic carbocycles. The monoisotopic (exact) mass is 252 g/mol. The highest BCUT2D eigenvalue weighted by Gasteiger charge is 2.20. The first-order valence-corrected chi connectivity index (χ1v) is 6.15. The van der Waals surface area contributed by atoms with Crippen LogP contribution in [-0.2, 0) is 6.54 Å². The summed E-state index contributed by atoms with van der Waals surface area (Å²) in [7, 11) is 2.16. The van der Waals surface area contributed by atoms with Gasteiger partial charge in [0, 0.05) is 17.7 Å². The molecular formula is C12H18N3O3+. The number of benzene rings is 1. The highest BCUT2D eigenvalue weighted by atomic mass is 16.6. The Hall–Kier alpha value is -1.66. The summed E-state index contributed by atoms with van der Waals surface area (Å²) in [5, 5.41) is 22.4. The number of non-ortho nitro benzene ring substituents is 1. The van der Waals surface area contributed by atoms with Gasteiger partial charge in [-0.3, -0.25) is 10.1 Å². The van der Waals surface area contributed by atoms with Crippen molar-refractivity contribution in [1.82, 2.24) is 0 Å². The molecule has 0 spiro atoms. The predicted octanol–water partition coefficient (Wildman–Crippen LogP) is -2.42. The van der Waals surface area contributed by atoms with Crippen LogP contribution in [0.3, 0.4) is 0 Å². The molecule has 0 amide bonds. The minimum absolute atomic E-state index is 0.00347. The molecule has 1 aromatic rings. The van der Waals surface area contributed by atoms with E-state index < -0.39 is 4.92 Å². The van der Waals surface area contributed by atoms with Crippen LogP contribution < -0.4 is 14.9 Å². The maximum atomic E-state index is 11.7. The van der Waals surface area contributed by atoms with Crippen LogP contribution in [-0.4, -0.2) is 38.2 Å². The van der Waals surface area contributed by atoms with E-state index in [1.54, 1.807) is 0 Å². The Morgan fingerprint density at radius 3 is 2.56 bits per heavy atom. The summed E-state index contributed by atoms with van der Waals surface area (Å²) in [6, 6.07) is 3.99. The molecule has 1 fully saturated rings. The SMILES string of the molecule is C[NH+]1CC[NH+](Cc2cc([N+](=O)[O-])ccc2[O-])CC1. The smallest absolute Gasteiger partial charge is 0.269 e. The number of piperazine rings is 1. The highest BCUT2D eigenvalue weighted by molar-refractivity contribution is 5.41. The molecule has 2 N–H and O–H groups in total. The lowest BCUT2D eigenvalue weighted by atomic mass is 10.1. The number of nitro groups is 1. The molecule has 1 aliphatic rings. The first-order valence-electron chi connectivity index (χ1n) is 6.15. The Morgan fingerprint density at radius 1 is 1.28 bits per heavy atom. The third kappa shape index (κ3) is 2.96. The fourth-order valence-corrected chi connectivity index (χ4v) is 2.29. The highest BCUT2D eigenvalue weighted by Crippen LogP contribution is 2.19. The lowest BCUT2D eigenvalue weighted by Crippen LogP contribution is -3.26. The summed E-state index contributed by atoms with van der Waals surface area (Å²) in [6.45, 7) is 4.77. The van der Waals surface area contributed by atoms with Gasteiger partial charge in [-0.1, -0.05) is 11.8 Å². The maximum Gasteiger partial charge on any atom is 0.269 e. The molecule has 0 bridgehead atoms. The van der Waals surface area contributed by atoms with Gasteiger partial charge in [0.05, 0.1) is 12.0 Å². The Bertz CT molecular complexity index is 442. The molecule has 6 nitrogen and oxygen atoms in total. The van der Waals surface area contributed by atoms with Gasteiger partial charge < -0.3 is 14.9 Å². The van der Waals surface area contributed by atoms with Gasteiger partial charge >= 0.3 is 0 Å². The van der Waals surface area contributed by atoms with Gasteiger partial charge in [0.2, 0.25) is 0 Å². The lowest BCUT2D eigenvalue weighted by molar-refractivity contribution is -1.01. The summed E-state index contributed by atoms with van der Waals surface area (Å²) in [6.07, 6.45) is 0. The van der Waals surface area contributed by atoms with E-state index in [-0.39, 0.29) is 11.4 Å². The van der Waals surface area contributed by atoms with Crippen molar-refractivity contribution in [2.45, 2.75) is 6.54 Å². The van der Waals surface area contributed by atoms with E-state index >= 15 is 0 Å². The third-order valence-electron chi connectivity index (χ3n) is 3.51. The van der Waals surface area contributed by atoms with Crippen molar-refractivity contribution >= 4 is 5.69 Å². The van der Waals surface area contributed by atoms with Crippen LogP contribution in [0.25, 0.3) is 0 Å². The molecule has 0 atom stereocenters. The van der Waals surface area contributed by atoms with E-state index in [1.165, 1.54) is 28.0 Å². The zero-order valence-corrected chi connectivity index (χ0v) is 10.4. The summed E-state index contributed by atoms with van der Waals surface area (Å²) in [5.74, 6) is -0.0978. The number of nitrogens with zero attached hydrogens (tertiary/aromatic N) is 1. The van der Waals surface area contributed by atoms with E-state index in [9.17, 15) is 15.2 Å². The molecular weight excluding hydrogens is 234 g/mol. The van der Waals surface area contributed by atoms with E-state index in [4.69, 9.17) is 0 Å². The van der Waals surface area contributed by atoms with Crippen molar-refractivity contribution < 1.29 is 19.8 Å². The van der Waals surface area contributed by atoms with Crippen molar-refractivity contribution in [3.05, 3.63) is 33.9 Å². The maximum absolute atomic E-state index is 11.7. The van der Waals surface area contributed by atoms with Crippen LogP contribution in [0.1, 0.15) is 5.56 Å². The van der Waals surface area contributed by atoms with Crippen molar-refractivity contribution in [3.63, 3.8) is 0 Å². The van der Waals surface area contributed by atoms with Crippen LogP contribution in [0.5, 0.6) is 5.75 Å². The zero-order chi connectivity index (χ0) is 13.1. The van der Waals surface area contributed by atoms with Crippen molar-refractivity contribution in [1.29, 1.82) is 0 Å². The number of nitrogens with one attached hydrogen (secondary N) is 2. The van der Waals surface area contributed by atoms with Crippen molar-refractivity contribution in [2.24, 2.45) is 0 Å². The Morgan fingerprint density at radius 2 is 1.94 bits per heavy atom. The third-order valence-corrected chi connectivity index (χ3v) is 3.51. The number of quaternary nitrogens is 2. The molecule has 0 saturated carbocycles. The quantitative estimate of drug-likeness (QED) is 0.464. The average molecular weight is 252 g/mol. The van der Waals surface area contributed by atoms with Gasteiger partial charge in [-0.2, -0.15) is 0 Å². The minimum atomic E-state index is -0.452. The van der Waals surface area contributed by atoms with Gasteiger partial charge in [0.25, 0.3) is 5.69 Å². The van der Waals surface area contributed by atoms with E-state index in [0.717, 1.165) is 26.2 Å². The van der Waals surface area contributed by atoms with Gasteiger partial charge in [0.15, 0.2) is 0 Å². The van der Waals surface area contributed by atoms with E-state index in [0.29, 0.717) is 12.1 Å². The summed E-state index contributed by atoms with van der Waals surface area (Å²) < 4.78 is 0. The molecule has 0 unspecified atom stereocenters. The number of hydrogen-bond acceptors (Lipinski definition) is 3. The largest absolute Gasteiger partial charge is 0.872 e. The normalized spacial score (nSPS) is 23.8. The van der Waals surface area contributed by atoms with Gasteiger partial charge in [-0.05, 0) is 0 Å². The summed E-state index contributed by atoms with van der Waals surface area (Å²) >= 11 is 0. The van der Waals surface area contributed by atoms with Crippen LogP contribution in [0.2, 0.25) is 0 Å². The fourth-order valence-electron chi connectivity index (χ4n) is 2.29. The summed E-state index contributed by atoms with van der Waals surface area (Å²) in [5.41, 5.74) is 0.558. The molecule has 0 aromatic heterocycles. The second-order valence-electron chi connectivity index (χ2n) is 4.93. The first-order chi connectivity index (χ1) is 8.56. The summed E-state index contributed by atoms with van der Waals surface area (Å²) in [4.78, 5) is 13.1. The molecule has 1 saturated heterocycles. The molecule has 0 aliphatic carbocycles. The van der Waals surface area contributed by atoms with Crippen molar-refractivity contribution in [2.75, 3.05) is 33.2 Å². The Kier molecular flexibility index (Phi) is 3.78. The minimum Gasteiger partial charge on any atom is -0.872 e. The second-order valence-corrected chi connectivity index (χ2v) is 4.93.